The van der Waals surface area contributed by atoms with Crippen LogP contribution in [0.3, 0.4) is 0 Å². The normalized spacial score (nSPS) is 14.6. The molecule has 0 fully saturated rings. The molecule has 0 saturated carbocycles. The molecule has 5 rings (SSSR count). The van der Waals surface area contributed by atoms with E-state index in [1.54, 1.807) is 0 Å². The van der Waals surface area contributed by atoms with Gasteiger partial charge in [-0.25, -0.2) is 0 Å². The minimum atomic E-state index is 0.275. The van der Waals surface area contributed by atoms with Crippen LogP contribution < -0.4 is 0 Å². The number of hydrogen-bond acceptors (Lipinski definition) is 0. The van der Waals surface area contributed by atoms with Gasteiger partial charge in [-0.15, -0.1) is 0 Å². The lowest BCUT2D eigenvalue weighted by Crippen LogP contribution is -2.05. The monoisotopic (exact) mass is 374 g/mol. The highest BCUT2D eigenvalue weighted by atomic mass is 14.4. The molecule has 0 radical (unpaired) electrons. The third-order valence-electron chi connectivity index (χ3n) is 6.81. The summed E-state index contributed by atoms with van der Waals surface area (Å²) in [4.78, 5) is 0. The molecule has 1 unspecified atom stereocenters. The van der Waals surface area contributed by atoms with E-state index >= 15 is 0 Å². The Kier molecular flexibility index (Phi) is 4.17. The molecule has 142 valence electrons. The van der Waals surface area contributed by atoms with Crippen molar-refractivity contribution >= 4 is 0 Å². The third kappa shape index (κ3) is 2.67. The van der Waals surface area contributed by atoms with Crippen LogP contribution >= 0.6 is 0 Å². The quantitative estimate of drug-likeness (QED) is 0.296. The average Bonchev–Trinajstić information content (AvgIpc) is 3.07. The van der Waals surface area contributed by atoms with Gasteiger partial charge in [0.1, 0.15) is 0 Å². The zero-order valence-corrected chi connectivity index (χ0v) is 17.6. The molecule has 0 heterocycles. The second kappa shape index (κ2) is 6.74. The molecule has 0 aromatic heterocycles. The maximum absolute atomic E-state index is 2.32. The molecule has 0 nitrogen and oxygen atoms in total. The van der Waals surface area contributed by atoms with Gasteiger partial charge in [0.05, 0.1) is 0 Å². The first-order valence-electron chi connectivity index (χ1n) is 10.4. The Morgan fingerprint density at radius 1 is 0.448 bits per heavy atom. The fourth-order valence-electron chi connectivity index (χ4n) is 4.95. The van der Waals surface area contributed by atoms with E-state index in [-0.39, 0.29) is 5.92 Å². The molecule has 0 saturated heterocycles. The second-order valence-corrected chi connectivity index (χ2v) is 8.32. The Bertz CT molecular complexity index is 1240. The van der Waals surface area contributed by atoms with E-state index in [9.17, 15) is 0 Å². The van der Waals surface area contributed by atoms with Crippen LogP contribution in [0.4, 0.5) is 0 Å². The predicted molar refractivity (Wildman–Crippen MR) is 124 cm³/mol. The van der Waals surface area contributed by atoms with E-state index in [0.29, 0.717) is 0 Å². The van der Waals surface area contributed by atoms with Crippen molar-refractivity contribution in [2.45, 2.75) is 33.6 Å². The summed E-state index contributed by atoms with van der Waals surface area (Å²) < 4.78 is 0. The van der Waals surface area contributed by atoms with Crippen molar-refractivity contribution in [2.24, 2.45) is 0 Å². The molecule has 4 aromatic rings. The maximum Gasteiger partial charge on any atom is 0.0361 e. The Hall–Kier alpha value is -3.12. The third-order valence-corrected chi connectivity index (χ3v) is 6.81. The van der Waals surface area contributed by atoms with E-state index in [0.717, 1.165) is 0 Å². The fraction of sp³-hybridized carbons (Fsp3) is 0.172. The molecule has 1 atom stereocenters. The number of hydrogen-bond donors (Lipinski definition) is 0. The highest BCUT2D eigenvalue weighted by molar-refractivity contribution is 5.89. The van der Waals surface area contributed by atoms with Crippen LogP contribution in [0.2, 0.25) is 0 Å². The van der Waals surface area contributed by atoms with Crippen molar-refractivity contribution in [3.8, 4) is 22.3 Å². The van der Waals surface area contributed by atoms with Gasteiger partial charge in [0.15, 0.2) is 0 Å². The Morgan fingerprint density at radius 2 is 0.966 bits per heavy atom. The van der Waals surface area contributed by atoms with E-state index in [1.807, 2.05) is 0 Å². The first-order valence-corrected chi connectivity index (χ1v) is 10.4. The standard InChI is InChI=1S/C29H26/c1-18-10-7-14-22(20(18)3)25-16-9-17-27-24-12-5-6-13-26(24)28(29(25)27)23-15-8-11-19(2)21(23)4/h5-17,28H,1-4H3. The van der Waals surface area contributed by atoms with Gasteiger partial charge in [0.2, 0.25) is 0 Å². The summed E-state index contributed by atoms with van der Waals surface area (Å²) in [6.07, 6.45) is 0. The molecule has 29 heavy (non-hydrogen) atoms. The molecule has 4 aromatic carbocycles. The Labute approximate surface area is 173 Å². The second-order valence-electron chi connectivity index (χ2n) is 8.32. The molecule has 1 aliphatic carbocycles. The van der Waals surface area contributed by atoms with Crippen LogP contribution in [0.25, 0.3) is 22.3 Å². The number of rotatable bonds is 2. The molecule has 0 heteroatoms. The maximum atomic E-state index is 2.32. The average molecular weight is 375 g/mol. The molecular weight excluding hydrogens is 348 g/mol. The first kappa shape index (κ1) is 17.9. The van der Waals surface area contributed by atoms with Crippen molar-refractivity contribution in [1.29, 1.82) is 0 Å². The topological polar surface area (TPSA) is 0 Å². The summed E-state index contributed by atoms with van der Waals surface area (Å²) in [6, 6.07) is 29.2. The van der Waals surface area contributed by atoms with Gasteiger partial charge >= 0.3 is 0 Å². The minimum absolute atomic E-state index is 0.275. The smallest absolute Gasteiger partial charge is 0.0361 e. The predicted octanol–water partition coefficient (Wildman–Crippen LogP) is 7.75. The van der Waals surface area contributed by atoms with Gasteiger partial charge in [-0.1, -0.05) is 78.9 Å². The van der Waals surface area contributed by atoms with Crippen LogP contribution in [0.1, 0.15) is 44.9 Å². The molecule has 0 spiro atoms. The van der Waals surface area contributed by atoms with Crippen LogP contribution in [-0.4, -0.2) is 0 Å². The van der Waals surface area contributed by atoms with E-state index in [4.69, 9.17) is 0 Å². The molecule has 1 aliphatic rings. The molecule has 0 bridgehead atoms. The van der Waals surface area contributed by atoms with Crippen molar-refractivity contribution in [2.75, 3.05) is 0 Å². The van der Waals surface area contributed by atoms with Crippen molar-refractivity contribution in [3.05, 3.63) is 118 Å². The number of benzene rings is 4. The SMILES string of the molecule is Cc1cccc(-c2cccc3c2C(c2cccc(C)c2C)c2ccccc2-3)c1C. The van der Waals surface area contributed by atoms with Gasteiger partial charge in [0.25, 0.3) is 0 Å². The lowest BCUT2D eigenvalue weighted by atomic mass is 9.81. The minimum Gasteiger partial charge on any atom is -0.0619 e. The highest BCUT2D eigenvalue weighted by Crippen LogP contribution is 2.52. The molecule has 0 N–H and O–H groups in total. The summed E-state index contributed by atoms with van der Waals surface area (Å²) in [5.74, 6) is 0.275. The van der Waals surface area contributed by atoms with Crippen LogP contribution in [0, 0.1) is 27.7 Å². The lowest BCUT2D eigenvalue weighted by Gasteiger charge is -2.22. The van der Waals surface area contributed by atoms with Crippen molar-refractivity contribution in [1.82, 2.24) is 0 Å². The van der Waals surface area contributed by atoms with Crippen LogP contribution in [-0.2, 0) is 0 Å². The highest BCUT2D eigenvalue weighted by Gasteiger charge is 2.33. The zero-order chi connectivity index (χ0) is 20.1. The number of aryl methyl sites for hydroxylation is 2. The summed E-state index contributed by atoms with van der Waals surface area (Å²) >= 11 is 0. The van der Waals surface area contributed by atoms with E-state index in [1.165, 1.54) is 61.2 Å². The van der Waals surface area contributed by atoms with Gasteiger partial charge in [-0.2, -0.15) is 0 Å². The summed E-state index contributed by atoms with van der Waals surface area (Å²) in [6.45, 7) is 8.95. The number of fused-ring (bicyclic) bond motifs is 3. The summed E-state index contributed by atoms with van der Waals surface area (Å²) in [5.41, 5.74) is 15.3. The van der Waals surface area contributed by atoms with Crippen LogP contribution in [0.15, 0.2) is 78.9 Å². The summed E-state index contributed by atoms with van der Waals surface area (Å²) in [7, 11) is 0. The summed E-state index contributed by atoms with van der Waals surface area (Å²) in [5, 5.41) is 0. The van der Waals surface area contributed by atoms with Crippen molar-refractivity contribution in [3.63, 3.8) is 0 Å². The first-order chi connectivity index (χ1) is 14.1. The molecule has 0 aliphatic heterocycles. The van der Waals surface area contributed by atoms with Gasteiger partial charge in [-0.3, -0.25) is 0 Å². The Balaban J connectivity index is 1.86. The lowest BCUT2D eigenvalue weighted by molar-refractivity contribution is 0.991. The van der Waals surface area contributed by atoms with Gasteiger partial charge in [-0.05, 0) is 88.9 Å². The fourth-order valence-corrected chi connectivity index (χ4v) is 4.95. The van der Waals surface area contributed by atoms with E-state index < -0.39 is 0 Å². The van der Waals surface area contributed by atoms with Gasteiger partial charge < -0.3 is 0 Å². The molecule has 0 amide bonds. The zero-order valence-electron chi connectivity index (χ0n) is 17.6. The van der Waals surface area contributed by atoms with Gasteiger partial charge in [0, 0.05) is 5.92 Å². The van der Waals surface area contributed by atoms with Crippen LogP contribution in [0.5, 0.6) is 0 Å². The largest absolute Gasteiger partial charge is 0.0619 e. The van der Waals surface area contributed by atoms with Crippen molar-refractivity contribution < 1.29 is 0 Å². The Morgan fingerprint density at radius 3 is 1.76 bits per heavy atom. The van der Waals surface area contributed by atoms with E-state index in [2.05, 4.69) is 107 Å². The molecular formula is C29H26.